The molecule has 0 aliphatic carbocycles. The van der Waals surface area contributed by atoms with E-state index in [1.165, 1.54) is 4.90 Å². The van der Waals surface area contributed by atoms with Crippen molar-refractivity contribution in [3.05, 3.63) is 95.9 Å². The van der Waals surface area contributed by atoms with Crippen molar-refractivity contribution in [3.8, 4) is 11.5 Å². The number of halogens is 3. The van der Waals surface area contributed by atoms with Crippen molar-refractivity contribution in [3.63, 3.8) is 0 Å². The maximum absolute atomic E-state index is 12.8. The van der Waals surface area contributed by atoms with Crippen molar-refractivity contribution < 1.29 is 19.1 Å². The molecule has 0 unspecified atom stereocenters. The van der Waals surface area contributed by atoms with Gasteiger partial charge in [-0.1, -0.05) is 53.0 Å². The van der Waals surface area contributed by atoms with Gasteiger partial charge in [-0.05, 0) is 94.9 Å². The van der Waals surface area contributed by atoms with Crippen LogP contribution in [0.2, 0.25) is 10.0 Å². The summed E-state index contributed by atoms with van der Waals surface area (Å²) in [5.41, 5.74) is 2.71. The zero-order valence-electron chi connectivity index (χ0n) is 18.6. The number of ether oxygens (including phenoxy) is 2. The predicted molar refractivity (Wildman–Crippen MR) is 149 cm³/mol. The fraction of sp³-hybridized carbons (Fsp3) is 0.154. The molecule has 180 valence electrons. The number of nitrogens with zero attached hydrogens (tertiary/aromatic N) is 1. The Kier molecular flexibility index (Phi) is 8.64. The van der Waals surface area contributed by atoms with Gasteiger partial charge in [-0.15, -0.1) is 0 Å². The number of benzene rings is 3. The van der Waals surface area contributed by atoms with Crippen LogP contribution in [0.3, 0.4) is 0 Å². The second-order valence-electron chi connectivity index (χ2n) is 7.72. The summed E-state index contributed by atoms with van der Waals surface area (Å²) in [6.07, 6.45) is 1.60. The van der Waals surface area contributed by atoms with Gasteiger partial charge in [0.1, 0.15) is 19.0 Å². The van der Waals surface area contributed by atoms with Crippen LogP contribution in [-0.2, 0) is 11.4 Å². The van der Waals surface area contributed by atoms with Gasteiger partial charge in [-0.25, -0.2) is 0 Å². The summed E-state index contributed by atoms with van der Waals surface area (Å²) in [6.45, 7) is 2.67. The van der Waals surface area contributed by atoms with Crippen LogP contribution in [0.15, 0.2) is 65.6 Å². The van der Waals surface area contributed by atoms with Gasteiger partial charge in [0.25, 0.3) is 11.1 Å². The lowest BCUT2D eigenvalue weighted by Gasteiger charge is -2.13. The van der Waals surface area contributed by atoms with Crippen LogP contribution in [-0.4, -0.2) is 29.2 Å². The second-order valence-corrected chi connectivity index (χ2v) is 10.8. The van der Waals surface area contributed by atoms with Gasteiger partial charge in [0.05, 0.1) is 21.5 Å². The molecule has 3 aromatic rings. The van der Waals surface area contributed by atoms with E-state index in [0.29, 0.717) is 38.6 Å². The Morgan fingerprint density at radius 3 is 2.29 bits per heavy atom. The Balaban J connectivity index is 1.40. The molecule has 0 spiro atoms. The predicted octanol–water partition coefficient (Wildman–Crippen LogP) is 7.60. The number of hydrogen-bond acceptors (Lipinski definition) is 5. The Morgan fingerprint density at radius 1 is 0.971 bits per heavy atom. The number of imide groups is 1. The third-order valence-corrected chi connectivity index (χ3v) is 7.28. The van der Waals surface area contributed by atoms with Crippen molar-refractivity contribution >= 4 is 74.8 Å². The highest BCUT2D eigenvalue weighted by Crippen LogP contribution is 2.37. The lowest BCUT2D eigenvalue weighted by Crippen LogP contribution is -2.32. The van der Waals surface area contributed by atoms with Crippen LogP contribution < -0.4 is 9.47 Å². The molecule has 35 heavy (non-hydrogen) atoms. The molecule has 0 bridgehead atoms. The van der Waals surface area contributed by atoms with E-state index in [1.807, 2.05) is 55.5 Å². The molecule has 0 radical (unpaired) electrons. The monoisotopic (exact) mass is 639 g/mol. The molecule has 0 saturated carbocycles. The lowest BCUT2D eigenvalue weighted by molar-refractivity contribution is -0.123. The van der Waals surface area contributed by atoms with Crippen LogP contribution in [0.5, 0.6) is 11.5 Å². The van der Waals surface area contributed by atoms with Crippen molar-refractivity contribution in [1.82, 2.24) is 4.90 Å². The molecule has 1 aliphatic rings. The van der Waals surface area contributed by atoms with Crippen LogP contribution in [0, 0.1) is 10.5 Å². The molecule has 3 aromatic carbocycles. The summed E-state index contributed by atoms with van der Waals surface area (Å²) in [5.74, 6) is 0.677. The van der Waals surface area contributed by atoms with Gasteiger partial charge in [0.15, 0.2) is 5.75 Å². The molecule has 1 aliphatic heterocycles. The van der Waals surface area contributed by atoms with E-state index in [-0.39, 0.29) is 24.3 Å². The fourth-order valence-corrected chi connectivity index (χ4v) is 5.11. The largest absolute Gasteiger partial charge is 0.492 e. The molecule has 1 saturated heterocycles. The zero-order valence-corrected chi connectivity index (χ0v) is 23.1. The maximum Gasteiger partial charge on any atom is 0.293 e. The Morgan fingerprint density at radius 2 is 1.63 bits per heavy atom. The summed E-state index contributed by atoms with van der Waals surface area (Å²) in [7, 11) is 0. The highest BCUT2D eigenvalue weighted by atomic mass is 127. The van der Waals surface area contributed by atoms with E-state index in [1.54, 1.807) is 18.2 Å². The van der Waals surface area contributed by atoms with Gasteiger partial charge >= 0.3 is 0 Å². The van der Waals surface area contributed by atoms with Gasteiger partial charge in [0, 0.05) is 3.57 Å². The summed E-state index contributed by atoms with van der Waals surface area (Å²) >= 11 is 15.9. The third-order valence-electron chi connectivity index (χ3n) is 5.09. The Bertz CT molecular complexity index is 1260. The number of carbonyl (C=O) groups excluding carboxylic acids is 2. The van der Waals surface area contributed by atoms with Gasteiger partial charge in [0.2, 0.25) is 0 Å². The van der Waals surface area contributed by atoms with E-state index in [0.717, 1.165) is 26.5 Å². The molecule has 0 atom stereocenters. The highest BCUT2D eigenvalue weighted by Gasteiger charge is 2.34. The minimum atomic E-state index is -0.376. The van der Waals surface area contributed by atoms with E-state index < -0.39 is 0 Å². The maximum atomic E-state index is 12.8. The van der Waals surface area contributed by atoms with E-state index >= 15 is 0 Å². The molecule has 5 nitrogen and oxygen atoms in total. The average Bonchev–Trinajstić information content (AvgIpc) is 3.08. The molecule has 0 N–H and O–H groups in total. The minimum Gasteiger partial charge on any atom is -0.492 e. The fourth-order valence-electron chi connectivity index (χ4n) is 3.27. The molecule has 1 heterocycles. The first-order chi connectivity index (χ1) is 16.8. The van der Waals surface area contributed by atoms with Crippen molar-refractivity contribution in [2.24, 2.45) is 0 Å². The first-order valence-electron chi connectivity index (χ1n) is 10.6. The van der Waals surface area contributed by atoms with Crippen LogP contribution in [0.25, 0.3) is 6.08 Å². The molecule has 4 rings (SSSR count). The van der Waals surface area contributed by atoms with Crippen molar-refractivity contribution in [2.75, 3.05) is 13.2 Å². The van der Waals surface area contributed by atoms with Crippen LogP contribution >= 0.6 is 57.6 Å². The standard InChI is InChI=1S/C26H20Cl2INO4S/c1-16-2-8-20(9-3-16)33-11-10-30-25(31)23(35-26(30)32)14-18-12-21(27)24(22(28)13-18)34-15-17-4-6-19(29)7-5-17/h2-9,12-14H,10-11,15H2,1H3/b23-14-. The smallest absolute Gasteiger partial charge is 0.293 e. The number of thioether (sulfide) groups is 1. The summed E-state index contributed by atoms with van der Waals surface area (Å²) in [4.78, 5) is 26.7. The van der Waals surface area contributed by atoms with Crippen LogP contribution in [0.1, 0.15) is 16.7 Å². The van der Waals surface area contributed by atoms with Gasteiger partial charge in [-0.2, -0.15) is 0 Å². The third kappa shape index (κ3) is 6.73. The summed E-state index contributed by atoms with van der Waals surface area (Å²) in [5, 5.41) is 0.295. The van der Waals surface area contributed by atoms with Gasteiger partial charge < -0.3 is 9.47 Å². The average molecular weight is 640 g/mol. The first-order valence-corrected chi connectivity index (χ1v) is 13.3. The van der Waals surface area contributed by atoms with E-state index in [2.05, 4.69) is 22.6 Å². The van der Waals surface area contributed by atoms with E-state index in [4.69, 9.17) is 32.7 Å². The lowest BCUT2D eigenvalue weighted by atomic mass is 10.2. The van der Waals surface area contributed by atoms with E-state index in [9.17, 15) is 9.59 Å². The zero-order chi connectivity index (χ0) is 24.9. The molecular formula is C26H20Cl2INO4S. The number of hydrogen-bond donors (Lipinski definition) is 0. The van der Waals surface area contributed by atoms with Crippen molar-refractivity contribution in [1.29, 1.82) is 0 Å². The van der Waals surface area contributed by atoms with Gasteiger partial charge in [-0.3, -0.25) is 14.5 Å². The molecular weight excluding hydrogens is 620 g/mol. The summed E-state index contributed by atoms with van der Waals surface area (Å²) in [6, 6.07) is 18.8. The second kappa shape index (κ2) is 11.7. The molecule has 1 fully saturated rings. The van der Waals surface area contributed by atoms with Crippen LogP contribution in [0.4, 0.5) is 4.79 Å². The number of amides is 2. The number of rotatable bonds is 8. The Hall–Kier alpha value is -2.20. The topological polar surface area (TPSA) is 55.8 Å². The molecule has 9 heteroatoms. The SMILES string of the molecule is Cc1ccc(OCCN2C(=O)S/C(=C\c3cc(Cl)c(OCc4ccc(I)cc4)c(Cl)c3)C2=O)cc1. The minimum absolute atomic E-state index is 0.155. The first kappa shape index (κ1) is 25.9. The summed E-state index contributed by atoms with van der Waals surface area (Å²) < 4.78 is 12.6. The molecule has 0 aromatic heterocycles. The number of aryl methyl sites for hydroxylation is 1. The quantitative estimate of drug-likeness (QED) is 0.188. The van der Waals surface area contributed by atoms with Crippen molar-refractivity contribution in [2.45, 2.75) is 13.5 Å². The highest BCUT2D eigenvalue weighted by molar-refractivity contribution is 14.1. The molecule has 2 amide bonds. The normalized spacial score (nSPS) is 14.6. The Labute approximate surface area is 231 Å². The number of carbonyl (C=O) groups is 2.